The van der Waals surface area contributed by atoms with Crippen LogP contribution in [0.15, 0.2) is 0 Å². The van der Waals surface area contributed by atoms with Crippen molar-refractivity contribution in [2.75, 3.05) is 0 Å². The third kappa shape index (κ3) is 1.71. The molecule has 1 aromatic heterocycles. The standard InChI is InChI=1S/C9H15N3.ClH/c1-12-9-5-3-2-4-7(9)8(6-10)11-12;/h2-6,10H2,1H3;1H. The van der Waals surface area contributed by atoms with Gasteiger partial charge in [0, 0.05) is 19.3 Å². The van der Waals surface area contributed by atoms with E-state index < -0.39 is 0 Å². The molecule has 0 unspecified atom stereocenters. The molecule has 3 nitrogen and oxygen atoms in total. The predicted octanol–water partition coefficient (Wildman–Crippen LogP) is 1.18. The van der Waals surface area contributed by atoms with E-state index in [9.17, 15) is 0 Å². The third-order valence-electron chi connectivity index (χ3n) is 2.64. The molecule has 2 rings (SSSR count). The topological polar surface area (TPSA) is 43.8 Å². The molecule has 0 fully saturated rings. The summed E-state index contributed by atoms with van der Waals surface area (Å²) in [5.74, 6) is 0. The van der Waals surface area contributed by atoms with Crippen molar-refractivity contribution in [3.05, 3.63) is 17.0 Å². The summed E-state index contributed by atoms with van der Waals surface area (Å²) in [6.45, 7) is 0.586. The summed E-state index contributed by atoms with van der Waals surface area (Å²) in [5.41, 5.74) is 9.54. The molecule has 0 spiro atoms. The molecule has 0 bridgehead atoms. The van der Waals surface area contributed by atoms with E-state index in [0.717, 1.165) is 5.69 Å². The Balaban J connectivity index is 0.000000845. The number of hydrogen-bond acceptors (Lipinski definition) is 2. The highest BCUT2D eigenvalue weighted by Gasteiger charge is 2.17. The Morgan fingerprint density at radius 3 is 2.77 bits per heavy atom. The molecule has 1 heterocycles. The Morgan fingerprint density at radius 1 is 1.38 bits per heavy atom. The van der Waals surface area contributed by atoms with Crippen LogP contribution >= 0.6 is 12.4 Å². The smallest absolute Gasteiger partial charge is 0.0794 e. The molecule has 1 aliphatic rings. The summed E-state index contributed by atoms with van der Waals surface area (Å²) < 4.78 is 2.00. The zero-order valence-electron chi connectivity index (χ0n) is 7.92. The number of aryl methyl sites for hydroxylation is 1. The van der Waals surface area contributed by atoms with Crippen LogP contribution in [-0.2, 0) is 26.4 Å². The largest absolute Gasteiger partial charge is 0.325 e. The van der Waals surface area contributed by atoms with E-state index in [2.05, 4.69) is 5.10 Å². The van der Waals surface area contributed by atoms with Gasteiger partial charge in [-0.2, -0.15) is 5.10 Å². The molecule has 2 N–H and O–H groups in total. The maximum Gasteiger partial charge on any atom is 0.0794 e. The van der Waals surface area contributed by atoms with Gasteiger partial charge >= 0.3 is 0 Å². The molecule has 0 radical (unpaired) electrons. The van der Waals surface area contributed by atoms with Crippen molar-refractivity contribution in [3.63, 3.8) is 0 Å². The van der Waals surface area contributed by atoms with Gasteiger partial charge in [-0.15, -0.1) is 12.4 Å². The van der Waals surface area contributed by atoms with Gasteiger partial charge in [0.2, 0.25) is 0 Å². The SMILES string of the molecule is Cl.Cn1nc(CN)c2c1CCCC2. The van der Waals surface area contributed by atoms with Gasteiger partial charge in [-0.3, -0.25) is 4.68 Å². The van der Waals surface area contributed by atoms with Gasteiger partial charge in [-0.1, -0.05) is 0 Å². The molecule has 0 aliphatic heterocycles. The first-order valence-corrected chi connectivity index (χ1v) is 4.56. The van der Waals surface area contributed by atoms with Crippen molar-refractivity contribution >= 4 is 12.4 Å². The molecule has 1 aromatic rings. The molecular formula is C9H16ClN3. The zero-order chi connectivity index (χ0) is 8.55. The fraction of sp³-hybridized carbons (Fsp3) is 0.667. The number of rotatable bonds is 1. The van der Waals surface area contributed by atoms with Crippen LogP contribution in [0, 0.1) is 0 Å². The van der Waals surface area contributed by atoms with Crippen LogP contribution in [0.5, 0.6) is 0 Å². The molecular weight excluding hydrogens is 186 g/mol. The second-order valence-corrected chi connectivity index (χ2v) is 3.41. The maximum atomic E-state index is 5.61. The molecule has 0 amide bonds. The normalized spacial score (nSPS) is 14.9. The molecule has 0 saturated heterocycles. The van der Waals surface area contributed by atoms with E-state index in [-0.39, 0.29) is 12.4 Å². The second-order valence-electron chi connectivity index (χ2n) is 3.41. The lowest BCUT2D eigenvalue weighted by Crippen LogP contribution is -2.06. The van der Waals surface area contributed by atoms with E-state index in [1.807, 2.05) is 11.7 Å². The molecule has 13 heavy (non-hydrogen) atoms. The van der Waals surface area contributed by atoms with Crippen molar-refractivity contribution in [1.29, 1.82) is 0 Å². The Kier molecular flexibility index (Phi) is 3.33. The summed E-state index contributed by atoms with van der Waals surface area (Å²) in [6, 6.07) is 0. The van der Waals surface area contributed by atoms with Gasteiger partial charge in [0.25, 0.3) is 0 Å². The molecule has 0 atom stereocenters. The monoisotopic (exact) mass is 201 g/mol. The molecule has 1 aliphatic carbocycles. The lowest BCUT2D eigenvalue weighted by Gasteiger charge is -2.11. The summed E-state index contributed by atoms with van der Waals surface area (Å²) in [5, 5.41) is 4.40. The Morgan fingerprint density at radius 2 is 2.08 bits per heavy atom. The quantitative estimate of drug-likeness (QED) is 0.742. The zero-order valence-corrected chi connectivity index (χ0v) is 8.73. The lowest BCUT2D eigenvalue weighted by atomic mass is 9.96. The number of aromatic nitrogens is 2. The van der Waals surface area contributed by atoms with E-state index in [4.69, 9.17) is 5.73 Å². The van der Waals surface area contributed by atoms with Gasteiger partial charge in [0.1, 0.15) is 0 Å². The molecule has 74 valence electrons. The Labute approximate surface area is 84.7 Å². The average Bonchev–Trinajstić information content (AvgIpc) is 2.44. The fourth-order valence-electron chi connectivity index (χ4n) is 2.02. The van der Waals surface area contributed by atoms with Gasteiger partial charge < -0.3 is 5.73 Å². The summed E-state index contributed by atoms with van der Waals surface area (Å²) in [7, 11) is 2.02. The van der Waals surface area contributed by atoms with E-state index >= 15 is 0 Å². The van der Waals surface area contributed by atoms with Gasteiger partial charge in [-0.05, 0) is 31.2 Å². The minimum Gasteiger partial charge on any atom is -0.325 e. The Hall–Kier alpha value is -0.540. The first-order valence-electron chi connectivity index (χ1n) is 4.56. The highest BCUT2D eigenvalue weighted by Crippen LogP contribution is 2.23. The van der Waals surface area contributed by atoms with Crippen LogP contribution in [0.3, 0.4) is 0 Å². The van der Waals surface area contributed by atoms with Crippen LogP contribution in [0.4, 0.5) is 0 Å². The number of halogens is 1. The van der Waals surface area contributed by atoms with Crippen molar-refractivity contribution in [2.45, 2.75) is 32.2 Å². The highest BCUT2D eigenvalue weighted by molar-refractivity contribution is 5.85. The molecule has 0 saturated carbocycles. The highest BCUT2D eigenvalue weighted by atomic mass is 35.5. The number of nitrogens with two attached hydrogens (primary N) is 1. The van der Waals surface area contributed by atoms with E-state index in [0.29, 0.717) is 6.54 Å². The van der Waals surface area contributed by atoms with Gasteiger partial charge in [-0.25, -0.2) is 0 Å². The van der Waals surface area contributed by atoms with E-state index in [1.165, 1.54) is 36.9 Å². The maximum absolute atomic E-state index is 5.61. The van der Waals surface area contributed by atoms with Crippen molar-refractivity contribution in [2.24, 2.45) is 12.8 Å². The van der Waals surface area contributed by atoms with E-state index in [1.54, 1.807) is 0 Å². The summed E-state index contributed by atoms with van der Waals surface area (Å²) in [6.07, 6.45) is 4.96. The van der Waals surface area contributed by atoms with Crippen LogP contribution < -0.4 is 5.73 Å². The predicted molar refractivity (Wildman–Crippen MR) is 55.0 cm³/mol. The van der Waals surface area contributed by atoms with Gasteiger partial charge in [0.15, 0.2) is 0 Å². The lowest BCUT2D eigenvalue weighted by molar-refractivity contribution is 0.626. The van der Waals surface area contributed by atoms with Crippen LogP contribution in [0.1, 0.15) is 29.8 Å². The van der Waals surface area contributed by atoms with Crippen LogP contribution in [-0.4, -0.2) is 9.78 Å². The van der Waals surface area contributed by atoms with Crippen LogP contribution in [0.25, 0.3) is 0 Å². The minimum atomic E-state index is 0. The fourth-order valence-corrected chi connectivity index (χ4v) is 2.02. The Bertz CT molecular complexity index is 293. The number of nitrogens with zero attached hydrogens (tertiary/aromatic N) is 2. The minimum absolute atomic E-state index is 0. The first-order chi connectivity index (χ1) is 5.83. The van der Waals surface area contributed by atoms with Crippen LogP contribution in [0.2, 0.25) is 0 Å². The van der Waals surface area contributed by atoms with Crippen molar-refractivity contribution in [3.8, 4) is 0 Å². The summed E-state index contributed by atoms with van der Waals surface area (Å²) in [4.78, 5) is 0. The summed E-state index contributed by atoms with van der Waals surface area (Å²) >= 11 is 0. The molecule has 0 aromatic carbocycles. The number of fused-ring (bicyclic) bond motifs is 1. The first kappa shape index (κ1) is 10.5. The molecule has 4 heteroatoms. The van der Waals surface area contributed by atoms with Crippen molar-refractivity contribution < 1.29 is 0 Å². The third-order valence-corrected chi connectivity index (χ3v) is 2.64. The van der Waals surface area contributed by atoms with Crippen molar-refractivity contribution in [1.82, 2.24) is 9.78 Å². The number of hydrogen-bond donors (Lipinski definition) is 1. The average molecular weight is 202 g/mol. The second kappa shape index (κ2) is 4.11. The van der Waals surface area contributed by atoms with Gasteiger partial charge in [0.05, 0.1) is 5.69 Å².